The molecule has 192 valence electrons. The van der Waals surface area contributed by atoms with E-state index >= 15 is 0 Å². The molecule has 1 aromatic heterocycles. The Balaban J connectivity index is 0.000000383. The number of hydrogen-bond acceptors (Lipinski definition) is 7. The van der Waals surface area contributed by atoms with Gasteiger partial charge >= 0.3 is 0 Å². The Morgan fingerprint density at radius 1 is 1.00 bits per heavy atom. The second kappa shape index (κ2) is 13.4. The van der Waals surface area contributed by atoms with Crippen LogP contribution in [0.5, 0.6) is 0 Å². The van der Waals surface area contributed by atoms with E-state index in [0.29, 0.717) is 5.95 Å². The summed E-state index contributed by atoms with van der Waals surface area (Å²) in [5.41, 5.74) is 4.21. The molecule has 0 bridgehead atoms. The predicted molar refractivity (Wildman–Crippen MR) is 156 cm³/mol. The number of aryl methyl sites for hydroxylation is 2. The smallest absolute Gasteiger partial charge is 0.229 e. The third kappa shape index (κ3) is 9.64. The van der Waals surface area contributed by atoms with Gasteiger partial charge in [0.25, 0.3) is 0 Å². The number of benzene rings is 2. The molecular weight excluding hydrogens is 464 g/mol. The number of rotatable bonds is 8. The van der Waals surface area contributed by atoms with Crippen LogP contribution < -0.4 is 15.4 Å². The van der Waals surface area contributed by atoms with Crippen LogP contribution in [0.2, 0.25) is 0 Å². The number of anilines is 4. The standard InChI is InChI=1S/C22H27N5S.C7H13N/c1-15-9-11-17(12-10-15)25-21-23-14-16(2)20(26-21)24-18-7-6-8-19(13-18)28-27-22(3,4)5;1-2-5-8-6-3-4-7-8/h6-14,27H,1-5H3,(H2,23,24,25,26);2H,1,3-7H2. The lowest BCUT2D eigenvalue weighted by atomic mass is 10.1. The van der Waals surface area contributed by atoms with Gasteiger partial charge < -0.3 is 10.6 Å². The first kappa shape index (κ1) is 27.7. The van der Waals surface area contributed by atoms with E-state index < -0.39 is 0 Å². The van der Waals surface area contributed by atoms with Crippen molar-refractivity contribution in [3.8, 4) is 0 Å². The number of nitrogens with one attached hydrogen (secondary N) is 3. The highest BCUT2D eigenvalue weighted by Crippen LogP contribution is 2.25. The van der Waals surface area contributed by atoms with E-state index in [2.05, 4.69) is 88.8 Å². The highest BCUT2D eigenvalue weighted by molar-refractivity contribution is 7.97. The van der Waals surface area contributed by atoms with Crippen LogP contribution in [-0.2, 0) is 0 Å². The van der Waals surface area contributed by atoms with Gasteiger partial charge in [-0.15, -0.1) is 6.58 Å². The van der Waals surface area contributed by atoms with E-state index in [-0.39, 0.29) is 5.54 Å². The van der Waals surface area contributed by atoms with E-state index in [9.17, 15) is 0 Å². The Bertz CT molecular complexity index is 1100. The van der Waals surface area contributed by atoms with E-state index in [1.54, 1.807) is 11.9 Å². The zero-order chi connectivity index (χ0) is 26.0. The lowest BCUT2D eigenvalue weighted by Gasteiger charge is -2.19. The van der Waals surface area contributed by atoms with Gasteiger partial charge in [-0.2, -0.15) is 4.98 Å². The summed E-state index contributed by atoms with van der Waals surface area (Å²) >= 11 is 1.63. The average molecular weight is 505 g/mol. The molecule has 6 nitrogen and oxygen atoms in total. The van der Waals surface area contributed by atoms with Crippen molar-refractivity contribution in [2.45, 2.75) is 57.9 Å². The highest BCUT2D eigenvalue weighted by atomic mass is 32.2. The summed E-state index contributed by atoms with van der Waals surface area (Å²) in [5, 5.41) is 6.67. The van der Waals surface area contributed by atoms with Crippen molar-refractivity contribution in [3.63, 3.8) is 0 Å². The van der Waals surface area contributed by atoms with Gasteiger partial charge in [0.1, 0.15) is 5.82 Å². The topological polar surface area (TPSA) is 65.1 Å². The quantitative estimate of drug-likeness (QED) is 0.221. The summed E-state index contributed by atoms with van der Waals surface area (Å²) < 4.78 is 3.43. The first-order valence-electron chi connectivity index (χ1n) is 12.5. The molecule has 0 unspecified atom stereocenters. The Morgan fingerprint density at radius 2 is 1.72 bits per heavy atom. The Labute approximate surface area is 221 Å². The van der Waals surface area contributed by atoms with Crippen molar-refractivity contribution in [1.82, 2.24) is 19.6 Å². The molecule has 0 amide bonds. The fourth-order valence-electron chi connectivity index (χ4n) is 3.53. The van der Waals surface area contributed by atoms with Crippen molar-refractivity contribution in [1.29, 1.82) is 0 Å². The molecule has 0 spiro atoms. The zero-order valence-corrected chi connectivity index (χ0v) is 23.1. The molecular formula is C29H40N6S. The van der Waals surface area contributed by atoms with E-state index in [4.69, 9.17) is 0 Å². The van der Waals surface area contributed by atoms with Crippen molar-refractivity contribution >= 4 is 35.1 Å². The third-order valence-corrected chi connectivity index (χ3v) is 6.64. The molecule has 0 radical (unpaired) electrons. The van der Waals surface area contributed by atoms with E-state index in [1.807, 2.05) is 43.5 Å². The van der Waals surface area contributed by atoms with Crippen LogP contribution in [0.15, 0.2) is 72.3 Å². The number of nitrogens with zero attached hydrogens (tertiary/aromatic N) is 3. The Morgan fingerprint density at radius 3 is 2.39 bits per heavy atom. The molecule has 3 aromatic rings. The van der Waals surface area contributed by atoms with E-state index in [1.165, 1.54) is 31.5 Å². The van der Waals surface area contributed by atoms with Crippen LogP contribution in [0.1, 0.15) is 44.7 Å². The molecule has 1 aliphatic heterocycles. The monoisotopic (exact) mass is 504 g/mol. The van der Waals surface area contributed by atoms with Crippen LogP contribution in [-0.4, -0.2) is 40.0 Å². The van der Waals surface area contributed by atoms with Gasteiger partial charge in [0, 0.05) is 40.1 Å². The summed E-state index contributed by atoms with van der Waals surface area (Å²) in [7, 11) is 0. The normalized spacial score (nSPS) is 13.6. The lowest BCUT2D eigenvalue weighted by molar-refractivity contribution is 0.377. The molecule has 36 heavy (non-hydrogen) atoms. The van der Waals surface area contributed by atoms with E-state index in [0.717, 1.165) is 34.2 Å². The summed E-state index contributed by atoms with van der Waals surface area (Å²) in [6.07, 6.45) is 6.57. The van der Waals surface area contributed by atoms with Crippen molar-refractivity contribution in [3.05, 3.63) is 78.5 Å². The van der Waals surface area contributed by atoms with Crippen LogP contribution in [0, 0.1) is 13.8 Å². The second-order valence-electron chi connectivity index (χ2n) is 10.1. The van der Waals surface area contributed by atoms with Crippen molar-refractivity contribution in [2.24, 2.45) is 0 Å². The Hall–Kier alpha value is -2.87. The molecule has 1 fully saturated rings. The summed E-state index contributed by atoms with van der Waals surface area (Å²) in [6, 6.07) is 16.4. The summed E-state index contributed by atoms with van der Waals surface area (Å²) in [6.45, 7) is 17.8. The molecule has 0 atom stereocenters. The molecule has 0 aliphatic carbocycles. The van der Waals surface area contributed by atoms with Gasteiger partial charge in [-0.05, 0) is 103 Å². The van der Waals surface area contributed by atoms with Gasteiger partial charge in [0.2, 0.25) is 5.95 Å². The molecule has 1 aliphatic rings. The summed E-state index contributed by atoms with van der Waals surface area (Å²) in [5.74, 6) is 1.35. The number of hydrogen-bond donors (Lipinski definition) is 3. The zero-order valence-electron chi connectivity index (χ0n) is 22.3. The van der Waals surface area contributed by atoms with Crippen molar-refractivity contribution < 1.29 is 0 Å². The largest absolute Gasteiger partial charge is 0.340 e. The maximum Gasteiger partial charge on any atom is 0.229 e. The third-order valence-electron chi connectivity index (χ3n) is 5.44. The molecule has 2 heterocycles. The number of aromatic nitrogens is 2. The van der Waals surface area contributed by atoms with Gasteiger partial charge in [0.15, 0.2) is 0 Å². The average Bonchev–Trinajstić information content (AvgIpc) is 3.35. The second-order valence-corrected chi connectivity index (χ2v) is 11.0. The minimum atomic E-state index is 0.0495. The maximum absolute atomic E-state index is 4.64. The van der Waals surface area contributed by atoms with Crippen LogP contribution >= 0.6 is 11.9 Å². The first-order valence-corrected chi connectivity index (χ1v) is 13.4. The summed E-state index contributed by atoms with van der Waals surface area (Å²) in [4.78, 5) is 12.6. The molecule has 7 heteroatoms. The van der Waals surface area contributed by atoms with Gasteiger partial charge in [-0.1, -0.05) is 29.8 Å². The molecule has 3 N–H and O–H groups in total. The van der Waals surface area contributed by atoms with Gasteiger partial charge in [-0.3, -0.25) is 9.62 Å². The molecule has 2 aromatic carbocycles. The first-order chi connectivity index (χ1) is 17.2. The molecule has 1 saturated heterocycles. The van der Waals surface area contributed by atoms with Gasteiger partial charge in [0.05, 0.1) is 0 Å². The fraction of sp³-hybridized carbons (Fsp3) is 0.379. The van der Waals surface area contributed by atoms with Crippen molar-refractivity contribution in [2.75, 3.05) is 30.3 Å². The fourth-order valence-corrected chi connectivity index (χ4v) is 4.29. The predicted octanol–water partition coefficient (Wildman–Crippen LogP) is 7.24. The lowest BCUT2D eigenvalue weighted by Crippen LogP contribution is -2.29. The molecule has 4 rings (SSSR count). The van der Waals surface area contributed by atoms with Crippen LogP contribution in [0.4, 0.5) is 23.1 Å². The SMILES string of the molecule is C=CCN1CCCC1.Cc1ccc(Nc2ncc(C)c(Nc3cccc(SNC(C)(C)C)c3)n2)cc1. The number of likely N-dealkylation sites (tertiary alicyclic amines) is 1. The maximum atomic E-state index is 4.64. The highest BCUT2D eigenvalue weighted by Gasteiger charge is 2.10. The molecule has 0 saturated carbocycles. The minimum absolute atomic E-state index is 0.0495. The van der Waals surface area contributed by atoms with Gasteiger partial charge in [-0.25, -0.2) is 4.98 Å². The van der Waals surface area contributed by atoms with Crippen LogP contribution in [0.25, 0.3) is 0 Å². The minimum Gasteiger partial charge on any atom is -0.340 e. The Kier molecular flexibility index (Phi) is 10.3. The van der Waals surface area contributed by atoms with Crippen LogP contribution in [0.3, 0.4) is 0 Å².